The summed E-state index contributed by atoms with van der Waals surface area (Å²) in [5.74, 6) is -0.337. The van der Waals surface area contributed by atoms with Gasteiger partial charge in [0.2, 0.25) is 0 Å². The predicted molar refractivity (Wildman–Crippen MR) is 82.9 cm³/mol. The van der Waals surface area contributed by atoms with Crippen molar-refractivity contribution in [2.75, 3.05) is 6.54 Å². The van der Waals surface area contributed by atoms with Crippen molar-refractivity contribution in [2.24, 2.45) is 0 Å². The van der Waals surface area contributed by atoms with Gasteiger partial charge in [0, 0.05) is 6.54 Å². The highest BCUT2D eigenvalue weighted by atomic mass is 16.1. The van der Waals surface area contributed by atoms with Crippen molar-refractivity contribution in [2.45, 2.75) is 19.8 Å². The van der Waals surface area contributed by atoms with E-state index < -0.39 is 0 Å². The molecule has 0 aliphatic carbocycles. The van der Waals surface area contributed by atoms with Gasteiger partial charge < -0.3 is 5.32 Å². The summed E-state index contributed by atoms with van der Waals surface area (Å²) in [6, 6.07) is 9.30. The Morgan fingerprint density at radius 3 is 2.77 bits per heavy atom. The van der Waals surface area contributed by atoms with Gasteiger partial charge in [-0.15, -0.1) is 0 Å². The number of benzene rings is 1. The number of amides is 1. The summed E-state index contributed by atoms with van der Waals surface area (Å²) in [5, 5.41) is 15.9. The summed E-state index contributed by atoms with van der Waals surface area (Å²) in [7, 11) is 0. The first-order chi connectivity index (χ1) is 10.7. The lowest BCUT2D eigenvalue weighted by Crippen LogP contribution is -2.25. The minimum atomic E-state index is -0.337. The van der Waals surface area contributed by atoms with Crippen molar-refractivity contribution in [3.8, 4) is 11.8 Å². The van der Waals surface area contributed by atoms with Crippen molar-refractivity contribution in [1.82, 2.24) is 20.1 Å². The molecule has 0 aliphatic heterocycles. The van der Waals surface area contributed by atoms with Gasteiger partial charge in [-0.2, -0.15) is 10.4 Å². The number of nitrogens with one attached hydrogen (secondary N) is 1. The average molecular weight is 295 g/mol. The van der Waals surface area contributed by atoms with Crippen molar-refractivity contribution in [3.63, 3.8) is 0 Å². The summed E-state index contributed by atoms with van der Waals surface area (Å²) >= 11 is 0. The average Bonchev–Trinajstić information content (AvgIpc) is 3.07. The Balaban J connectivity index is 2.09. The van der Waals surface area contributed by atoms with Crippen LogP contribution in [0.25, 0.3) is 11.8 Å². The third-order valence-electron chi connectivity index (χ3n) is 3.07. The molecule has 2 rings (SSSR count). The Kier molecular flexibility index (Phi) is 5.44. The number of nitrogens with zero attached hydrogens (tertiary/aromatic N) is 4. The molecule has 112 valence electrons. The highest BCUT2D eigenvalue weighted by Crippen LogP contribution is 2.11. The molecule has 0 saturated heterocycles. The zero-order chi connectivity index (χ0) is 15.8. The van der Waals surface area contributed by atoms with Crippen LogP contribution in [0.3, 0.4) is 0 Å². The van der Waals surface area contributed by atoms with Crippen LogP contribution in [-0.2, 0) is 4.79 Å². The van der Waals surface area contributed by atoms with E-state index in [2.05, 4.69) is 15.4 Å². The highest BCUT2D eigenvalue weighted by molar-refractivity contribution is 6.01. The molecule has 1 N–H and O–H groups in total. The second kappa shape index (κ2) is 7.74. The quantitative estimate of drug-likeness (QED) is 0.502. The molecule has 0 bridgehead atoms. The van der Waals surface area contributed by atoms with Gasteiger partial charge in [0.25, 0.3) is 5.91 Å². The maximum Gasteiger partial charge on any atom is 0.261 e. The monoisotopic (exact) mass is 295 g/mol. The minimum Gasteiger partial charge on any atom is -0.351 e. The number of aromatic nitrogens is 3. The van der Waals surface area contributed by atoms with Crippen molar-refractivity contribution < 1.29 is 4.79 Å². The number of rotatable bonds is 6. The Morgan fingerprint density at radius 1 is 1.41 bits per heavy atom. The van der Waals surface area contributed by atoms with E-state index in [9.17, 15) is 4.79 Å². The van der Waals surface area contributed by atoms with E-state index in [1.807, 2.05) is 37.3 Å². The lowest BCUT2D eigenvalue weighted by Gasteiger charge is -2.04. The van der Waals surface area contributed by atoms with Crippen molar-refractivity contribution in [1.29, 1.82) is 5.26 Å². The lowest BCUT2D eigenvalue weighted by molar-refractivity contribution is -0.117. The molecular formula is C16H17N5O. The van der Waals surface area contributed by atoms with Crippen LogP contribution in [0.5, 0.6) is 0 Å². The van der Waals surface area contributed by atoms with Gasteiger partial charge in [-0.1, -0.05) is 25.5 Å². The second-order valence-corrected chi connectivity index (χ2v) is 4.71. The molecule has 0 unspecified atom stereocenters. The van der Waals surface area contributed by atoms with Crippen LogP contribution in [0.1, 0.15) is 25.3 Å². The van der Waals surface area contributed by atoms with Crippen LogP contribution in [0.2, 0.25) is 0 Å². The van der Waals surface area contributed by atoms with Gasteiger partial charge in [0.15, 0.2) is 0 Å². The van der Waals surface area contributed by atoms with Gasteiger partial charge in [0.05, 0.1) is 5.69 Å². The SMILES string of the molecule is CCCCNC(=O)/C(C#N)=C\c1ccc(-n2cncn2)cc1. The van der Waals surface area contributed by atoms with E-state index in [4.69, 9.17) is 5.26 Å². The van der Waals surface area contributed by atoms with E-state index in [1.165, 1.54) is 6.33 Å². The Bertz CT molecular complexity index is 680. The molecule has 0 fully saturated rings. The van der Waals surface area contributed by atoms with Gasteiger partial charge in [0.1, 0.15) is 24.3 Å². The molecule has 0 atom stereocenters. The van der Waals surface area contributed by atoms with Crippen LogP contribution in [0, 0.1) is 11.3 Å². The molecule has 0 aliphatic rings. The molecule has 1 aromatic carbocycles. The smallest absolute Gasteiger partial charge is 0.261 e. The van der Waals surface area contributed by atoms with E-state index in [-0.39, 0.29) is 11.5 Å². The number of hydrogen-bond donors (Lipinski definition) is 1. The minimum absolute atomic E-state index is 0.101. The molecule has 0 saturated carbocycles. The molecule has 0 radical (unpaired) electrons. The zero-order valence-corrected chi connectivity index (χ0v) is 12.4. The number of unbranched alkanes of at least 4 members (excludes halogenated alkanes) is 1. The van der Waals surface area contributed by atoms with Crippen LogP contribution >= 0.6 is 0 Å². The second-order valence-electron chi connectivity index (χ2n) is 4.71. The maximum absolute atomic E-state index is 11.9. The number of nitriles is 1. The number of carbonyl (C=O) groups excluding carboxylic acids is 1. The van der Waals surface area contributed by atoms with Gasteiger partial charge in [-0.3, -0.25) is 4.79 Å². The normalized spacial score (nSPS) is 11.0. The maximum atomic E-state index is 11.9. The lowest BCUT2D eigenvalue weighted by atomic mass is 10.1. The molecule has 1 amide bonds. The van der Waals surface area contributed by atoms with Gasteiger partial charge in [-0.05, 0) is 30.2 Å². The molecule has 22 heavy (non-hydrogen) atoms. The van der Waals surface area contributed by atoms with Crippen LogP contribution < -0.4 is 5.32 Å². The first kappa shape index (κ1) is 15.4. The van der Waals surface area contributed by atoms with Crippen molar-refractivity contribution in [3.05, 3.63) is 48.1 Å². The Labute approximate surface area is 129 Å². The molecule has 6 nitrogen and oxygen atoms in total. The first-order valence-electron chi connectivity index (χ1n) is 7.09. The molecule has 2 aromatic rings. The molecular weight excluding hydrogens is 278 g/mol. The summed E-state index contributed by atoms with van der Waals surface area (Å²) in [5.41, 5.74) is 1.75. The predicted octanol–water partition coefficient (Wildman–Crippen LogP) is 2.09. The number of carbonyl (C=O) groups is 1. The number of hydrogen-bond acceptors (Lipinski definition) is 4. The first-order valence-corrected chi connectivity index (χ1v) is 7.09. The van der Waals surface area contributed by atoms with E-state index >= 15 is 0 Å². The molecule has 1 heterocycles. The van der Waals surface area contributed by atoms with E-state index in [0.29, 0.717) is 6.54 Å². The summed E-state index contributed by atoms with van der Waals surface area (Å²) < 4.78 is 1.64. The summed E-state index contributed by atoms with van der Waals surface area (Å²) in [6.45, 7) is 2.63. The van der Waals surface area contributed by atoms with Gasteiger partial charge >= 0.3 is 0 Å². The van der Waals surface area contributed by atoms with Crippen LogP contribution in [0.15, 0.2) is 42.5 Å². The van der Waals surface area contributed by atoms with Gasteiger partial charge in [-0.25, -0.2) is 9.67 Å². The fourth-order valence-electron chi connectivity index (χ4n) is 1.85. The summed E-state index contributed by atoms with van der Waals surface area (Å²) in [4.78, 5) is 15.8. The highest BCUT2D eigenvalue weighted by Gasteiger charge is 2.08. The van der Waals surface area contributed by atoms with Crippen LogP contribution in [-0.4, -0.2) is 27.2 Å². The topological polar surface area (TPSA) is 83.6 Å². The van der Waals surface area contributed by atoms with Crippen molar-refractivity contribution >= 4 is 12.0 Å². The molecule has 6 heteroatoms. The molecule has 0 spiro atoms. The van der Waals surface area contributed by atoms with E-state index in [1.54, 1.807) is 17.1 Å². The fraction of sp³-hybridized carbons (Fsp3) is 0.250. The zero-order valence-electron chi connectivity index (χ0n) is 12.4. The summed E-state index contributed by atoms with van der Waals surface area (Å²) in [6.07, 6.45) is 6.54. The fourth-order valence-corrected chi connectivity index (χ4v) is 1.85. The standard InChI is InChI=1S/C16H17N5O/c1-2-3-8-19-16(22)14(10-17)9-13-4-6-15(7-5-13)21-12-18-11-20-21/h4-7,9,11-12H,2-3,8H2,1H3,(H,19,22)/b14-9-. The van der Waals surface area contributed by atoms with Crippen LogP contribution in [0.4, 0.5) is 0 Å². The van der Waals surface area contributed by atoms with E-state index in [0.717, 1.165) is 24.1 Å². The third kappa shape index (κ3) is 4.03. The Hall–Kier alpha value is -2.94. The Morgan fingerprint density at radius 2 is 2.18 bits per heavy atom. The largest absolute Gasteiger partial charge is 0.351 e. The molecule has 1 aromatic heterocycles. The third-order valence-corrected chi connectivity index (χ3v) is 3.07.